The molecule has 0 heterocycles. The monoisotopic (exact) mass is 263 g/mol. The lowest BCUT2D eigenvalue weighted by Crippen LogP contribution is -2.42. The van der Waals surface area contributed by atoms with E-state index in [1.807, 2.05) is 0 Å². The molecule has 1 aliphatic rings. The molecule has 1 aromatic carbocycles. The van der Waals surface area contributed by atoms with Crippen LogP contribution in [-0.2, 0) is 0 Å². The van der Waals surface area contributed by atoms with Crippen LogP contribution >= 0.6 is 0 Å². The standard InChI is InChI=1S/C15H21NO3/c1-10-5-3-4-6-14(10)16(2)15(19)11-7-12(17)9-13(18)8-11/h7-10,14,17-18H,3-6H2,1-2H3. The van der Waals surface area contributed by atoms with Gasteiger partial charge >= 0.3 is 0 Å². The minimum absolute atomic E-state index is 0.0894. The largest absolute Gasteiger partial charge is 0.508 e. The molecule has 1 fully saturated rings. The summed E-state index contributed by atoms with van der Waals surface area (Å²) in [7, 11) is 1.80. The van der Waals surface area contributed by atoms with Gasteiger partial charge in [0.1, 0.15) is 11.5 Å². The van der Waals surface area contributed by atoms with E-state index < -0.39 is 0 Å². The minimum atomic E-state index is -0.148. The van der Waals surface area contributed by atoms with Crippen LogP contribution in [0.5, 0.6) is 11.5 Å². The molecule has 2 rings (SSSR count). The van der Waals surface area contributed by atoms with Crippen LogP contribution in [0, 0.1) is 5.92 Å². The second-order valence-electron chi connectivity index (χ2n) is 5.48. The summed E-state index contributed by atoms with van der Waals surface area (Å²) in [5.41, 5.74) is 0.331. The number of hydrogen-bond donors (Lipinski definition) is 2. The summed E-state index contributed by atoms with van der Waals surface area (Å²) in [6, 6.07) is 4.25. The Kier molecular flexibility index (Phi) is 3.98. The molecule has 0 aromatic heterocycles. The summed E-state index contributed by atoms with van der Waals surface area (Å²) in [5.74, 6) is 0.167. The first kappa shape index (κ1) is 13.7. The number of nitrogens with zero attached hydrogens (tertiary/aromatic N) is 1. The van der Waals surface area contributed by atoms with Gasteiger partial charge in [-0.05, 0) is 30.9 Å². The van der Waals surface area contributed by atoms with E-state index in [2.05, 4.69) is 6.92 Å². The van der Waals surface area contributed by atoms with Gasteiger partial charge in [-0.2, -0.15) is 0 Å². The molecule has 1 amide bonds. The van der Waals surface area contributed by atoms with Crippen molar-refractivity contribution in [2.75, 3.05) is 7.05 Å². The zero-order valence-corrected chi connectivity index (χ0v) is 11.5. The molecule has 0 saturated heterocycles. The van der Waals surface area contributed by atoms with Crippen LogP contribution in [0.3, 0.4) is 0 Å². The topological polar surface area (TPSA) is 60.8 Å². The number of rotatable bonds is 2. The molecule has 4 heteroatoms. The molecule has 0 bridgehead atoms. The van der Waals surface area contributed by atoms with Crippen molar-refractivity contribution in [1.29, 1.82) is 0 Å². The van der Waals surface area contributed by atoms with E-state index in [9.17, 15) is 15.0 Å². The molecule has 2 N–H and O–H groups in total. The van der Waals surface area contributed by atoms with Gasteiger partial charge in [0, 0.05) is 24.7 Å². The van der Waals surface area contributed by atoms with Crippen molar-refractivity contribution in [2.24, 2.45) is 5.92 Å². The highest BCUT2D eigenvalue weighted by Crippen LogP contribution is 2.29. The van der Waals surface area contributed by atoms with E-state index in [0.717, 1.165) is 19.3 Å². The molecule has 2 unspecified atom stereocenters. The van der Waals surface area contributed by atoms with Crippen molar-refractivity contribution >= 4 is 5.91 Å². The van der Waals surface area contributed by atoms with Crippen molar-refractivity contribution in [2.45, 2.75) is 38.6 Å². The number of phenols is 2. The van der Waals surface area contributed by atoms with Crippen molar-refractivity contribution in [1.82, 2.24) is 4.90 Å². The molecule has 0 aliphatic heterocycles. The number of hydrogen-bond acceptors (Lipinski definition) is 3. The maximum absolute atomic E-state index is 12.4. The summed E-state index contributed by atoms with van der Waals surface area (Å²) in [5, 5.41) is 18.9. The van der Waals surface area contributed by atoms with Gasteiger partial charge in [-0.25, -0.2) is 0 Å². The van der Waals surface area contributed by atoms with Gasteiger partial charge < -0.3 is 15.1 Å². The van der Waals surface area contributed by atoms with Crippen LogP contribution in [0.2, 0.25) is 0 Å². The summed E-state index contributed by atoms with van der Waals surface area (Å²) >= 11 is 0. The zero-order chi connectivity index (χ0) is 14.0. The van der Waals surface area contributed by atoms with Crippen molar-refractivity contribution in [3.63, 3.8) is 0 Å². The van der Waals surface area contributed by atoms with Crippen molar-refractivity contribution < 1.29 is 15.0 Å². The number of amides is 1. The highest BCUT2D eigenvalue weighted by atomic mass is 16.3. The zero-order valence-electron chi connectivity index (χ0n) is 11.5. The van der Waals surface area contributed by atoms with E-state index >= 15 is 0 Å². The predicted molar refractivity (Wildman–Crippen MR) is 73.3 cm³/mol. The fourth-order valence-electron chi connectivity index (χ4n) is 2.94. The third-order valence-electron chi connectivity index (χ3n) is 4.03. The highest BCUT2D eigenvalue weighted by molar-refractivity contribution is 5.95. The average molecular weight is 263 g/mol. The van der Waals surface area contributed by atoms with Crippen LogP contribution in [0.4, 0.5) is 0 Å². The summed E-state index contributed by atoms with van der Waals surface area (Å²) in [6.07, 6.45) is 4.55. The second-order valence-corrected chi connectivity index (χ2v) is 5.48. The van der Waals surface area contributed by atoms with Crippen LogP contribution < -0.4 is 0 Å². The summed E-state index contributed by atoms with van der Waals surface area (Å²) < 4.78 is 0. The normalized spacial score (nSPS) is 23.1. The first-order valence-electron chi connectivity index (χ1n) is 6.79. The summed E-state index contributed by atoms with van der Waals surface area (Å²) in [6.45, 7) is 2.17. The Labute approximate surface area is 113 Å². The van der Waals surface area contributed by atoms with Gasteiger partial charge in [0.15, 0.2) is 0 Å². The molecule has 2 atom stereocenters. The smallest absolute Gasteiger partial charge is 0.254 e. The second kappa shape index (κ2) is 5.51. The number of carbonyl (C=O) groups is 1. The van der Waals surface area contributed by atoms with Crippen molar-refractivity contribution in [3.05, 3.63) is 23.8 Å². The lowest BCUT2D eigenvalue weighted by atomic mass is 9.85. The lowest BCUT2D eigenvalue weighted by Gasteiger charge is -2.36. The lowest BCUT2D eigenvalue weighted by molar-refractivity contribution is 0.0628. The molecular weight excluding hydrogens is 242 g/mol. The average Bonchev–Trinajstić information content (AvgIpc) is 2.36. The van der Waals surface area contributed by atoms with Crippen LogP contribution in [-0.4, -0.2) is 34.1 Å². The van der Waals surface area contributed by atoms with E-state index in [-0.39, 0.29) is 23.4 Å². The van der Waals surface area contributed by atoms with Crippen LogP contribution in [0.15, 0.2) is 18.2 Å². The molecule has 1 aliphatic carbocycles. The summed E-state index contributed by atoms with van der Waals surface area (Å²) in [4.78, 5) is 14.1. The van der Waals surface area contributed by atoms with Gasteiger partial charge in [-0.3, -0.25) is 4.79 Å². The minimum Gasteiger partial charge on any atom is -0.508 e. The SMILES string of the molecule is CC1CCCCC1N(C)C(=O)c1cc(O)cc(O)c1. The third-order valence-corrected chi connectivity index (χ3v) is 4.03. The molecule has 1 aromatic rings. The number of phenolic OH excluding ortho intramolecular Hbond substituents is 2. The van der Waals surface area contributed by atoms with E-state index in [0.29, 0.717) is 11.5 Å². The quantitative estimate of drug-likeness (QED) is 0.862. The maximum Gasteiger partial charge on any atom is 0.254 e. The number of carbonyl (C=O) groups excluding carboxylic acids is 1. The molecule has 0 spiro atoms. The van der Waals surface area contributed by atoms with Crippen LogP contribution in [0.25, 0.3) is 0 Å². The van der Waals surface area contributed by atoms with E-state index in [4.69, 9.17) is 0 Å². The van der Waals surface area contributed by atoms with E-state index in [1.54, 1.807) is 11.9 Å². The first-order valence-corrected chi connectivity index (χ1v) is 6.79. The van der Waals surface area contributed by atoms with Crippen molar-refractivity contribution in [3.8, 4) is 11.5 Å². The van der Waals surface area contributed by atoms with Crippen LogP contribution in [0.1, 0.15) is 43.0 Å². The van der Waals surface area contributed by atoms with Gasteiger partial charge in [0.25, 0.3) is 5.91 Å². The molecule has 4 nitrogen and oxygen atoms in total. The Morgan fingerprint density at radius 2 is 1.74 bits per heavy atom. The Morgan fingerprint density at radius 1 is 1.16 bits per heavy atom. The fourth-order valence-corrected chi connectivity index (χ4v) is 2.94. The highest BCUT2D eigenvalue weighted by Gasteiger charge is 2.28. The molecule has 19 heavy (non-hydrogen) atoms. The Bertz CT molecular complexity index is 452. The van der Waals surface area contributed by atoms with E-state index in [1.165, 1.54) is 24.6 Å². The molecule has 104 valence electrons. The Morgan fingerprint density at radius 3 is 2.32 bits per heavy atom. The third kappa shape index (κ3) is 3.00. The van der Waals surface area contributed by atoms with Gasteiger partial charge in [0.2, 0.25) is 0 Å². The van der Waals surface area contributed by atoms with Gasteiger partial charge in [-0.15, -0.1) is 0 Å². The first-order chi connectivity index (χ1) is 8.99. The number of benzene rings is 1. The van der Waals surface area contributed by atoms with Gasteiger partial charge in [-0.1, -0.05) is 19.8 Å². The predicted octanol–water partition coefficient (Wildman–Crippen LogP) is 2.75. The molecule has 0 radical (unpaired) electrons. The number of aromatic hydroxyl groups is 2. The Hall–Kier alpha value is -1.71. The molecular formula is C15H21NO3. The Balaban J connectivity index is 2.18. The van der Waals surface area contributed by atoms with Gasteiger partial charge in [0.05, 0.1) is 0 Å². The maximum atomic E-state index is 12.4. The fraction of sp³-hybridized carbons (Fsp3) is 0.533. The molecule has 1 saturated carbocycles.